The first-order chi connectivity index (χ1) is 11.7. The maximum absolute atomic E-state index is 12.7. The van der Waals surface area contributed by atoms with Crippen molar-refractivity contribution in [1.82, 2.24) is 0 Å². The molecule has 2 heterocycles. The van der Waals surface area contributed by atoms with Crippen molar-refractivity contribution in [2.75, 3.05) is 0 Å². The zero-order chi connectivity index (χ0) is 16.3. The Labute approximate surface area is 141 Å². The lowest BCUT2D eigenvalue weighted by Gasteiger charge is -1.98. The van der Waals surface area contributed by atoms with Crippen LogP contribution in [0.4, 0.5) is 5.69 Å². The maximum atomic E-state index is 12.7. The number of hydrogen-bond donors (Lipinski definition) is 1. The third-order valence-corrected chi connectivity index (χ3v) is 5.60. The average molecular weight is 329 g/mol. The van der Waals surface area contributed by atoms with Crippen molar-refractivity contribution in [1.29, 1.82) is 0 Å². The standard InChI is InChI=1S/C20H11NO2S/c22-17-13-7-3-4-8-15(13)21-16(17)20-18(23)14-10-9-11-5-1-2-6-12(11)19(14)24-20/h1-10,23H. The second kappa shape index (κ2) is 4.76. The molecule has 4 aromatic rings. The van der Waals surface area contributed by atoms with Gasteiger partial charge in [-0.2, -0.15) is 0 Å². The summed E-state index contributed by atoms with van der Waals surface area (Å²) in [6, 6.07) is 19.2. The lowest BCUT2D eigenvalue weighted by molar-refractivity contribution is 0.107. The topological polar surface area (TPSA) is 49.7 Å². The smallest absolute Gasteiger partial charge is 0.215 e. The van der Waals surface area contributed by atoms with E-state index in [0.717, 1.165) is 20.9 Å². The lowest BCUT2D eigenvalue weighted by atomic mass is 10.1. The Hall–Kier alpha value is -2.98. The van der Waals surface area contributed by atoms with Gasteiger partial charge in [0.2, 0.25) is 5.78 Å². The molecule has 114 valence electrons. The fourth-order valence-corrected chi connectivity index (χ4v) is 4.40. The average Bonchev–Trinajstić information content (AvgIpc) is 3.13. The summed E-state index contributed by atoms with van der Waals surface area (Å²) >= 11 is 1.42. The van der Waals surface area contributed by atoms with E-state index in [-0.39, 0.29) is 11.5 Å². The number of ketones is 1. The molecule has 0 saturated carbocycles. The van der Waals surface area contributed by atoms with Gasteiger partial charge in [-0.05, 0) is 29.0 Å². The minimum absolute atomic E-state index is 0.128. The number of benzene rings is 3. The van der Waals surface area contributed by atoms with Gasteiger partial charge in [0.1, 0.15) is 11.5 Å². The summed E-state index contributed by atoms with van der Waals surface area (Å²) < 4.78 is 0.979. The van der Waals surface area contributed by atoms with Gasteiger partial charge in [-0.25, -0.2) is 4.99 Å². The third kappa shape index (κ3) is 1.71. The largest absolute Gasteiger partial charge is 0.506 e. The van der Waals surface area contributed by atoms with Crippen molar-refractivity contribution in [3.05, 3.63) is 71.1 Å². The molecular weight excluding hydrogens is 318 g/mol. The van der Waals surface area contributed by atoms with E-state index in [0.29, 0.717) is 21.8 Å². The highest BCUT2D eigenvalue weighted by Gasteiger charge is 2.29. The van der Waals surface area contributed by atoms with Crippen molar-refractivity contribution >= 4 is 49.4 Å². The number of carbonyl (C=O) groups is 1. The summed E-state index contributed by atoms with van der Waals surface area (Å²) in [5, 5.41) is 13.6. The number of rotatable bonds is 1. The molecule has 0 saturated heterocycles. The minimum Gasteiger partial charge on any atom is -0.506 e. The lowest BCUT2D eigenvalue weighted by Crippen LogP contribution is -2.09. The van der Waals surface area contributed by atoms with E-state index in [4.69, 9.17) is 0 Å². The summed E-state index contributed by atoms with van der Waals surface area (Å²) in [4.78, 5) is 17.7. The van der Waals surface area contributed by atoms with Crippen LogP contribution in [0.2, 0.25) is 0 Å². The van der Waals surface area contributed by atoms with Gasteiger partial charge in [-0.15, -0.1) is 11.3 Å². The molecule has 0 unspecified atom stereocenters. The number of carbonyl (C=O) groups excluding carboxylic acids is 1. The van der Waals surface area contributed by atoms with Crippen molar-refractivity contribution in [2.24, 2.45) is 4.99 Å². The van der Waals surface area contributed by atoms with E-state index in [2.05, 4.69) is 4.99 Å². The number of aliphatic imine (C=N–C) groups is 1. The fraction of sp³-hybridized carbons (Fsp3) is 0. The van der Waals surface area contributed by atoms with Crippen molar-refractivity contribution in [3.8, 4) is 5.75 Å². The Balaban J connectivity index is 1.79. The highest BCUT2D eigenvalue weighted by Crippen LogP contribution is 2.43. The minimum atomic E-state index is -0.128. The monoisotopic (exact) mass is 329 g/mol. The van der Waals surface area contributed by atoms with Gasteiger partial charge < -0.3 is 5.11 Å². The Morgan fingerprint density at radius 3 is 2.54 bits per heavy atom. The molecule has 0 atom stereocenters. The third-order valence-electron chi connectivity index (χ3n) is 4.37. The number of thiophene rings is 1. The summed E-state index contributed by atoms with van der Waals surface area (Å²) in [6.07, 6.45) is 0. The van der Waals surface area contributed by atoms with Gasteiger partial charge in [-0.1, -0.05) is 42.5 Å². The molecule has 0 radical (unpaired) electrons. The van der Waals surface area contributed by atoms with Crippen LogP contribution in [-0.4, -0.2) is 16.6 Å². The predicted octanol–water partition coefficient (Wildman–Crippen LogP) is 5.08. The van der Waals surface area contributed by atoms with Crippen molar-refractivity contribution in [3.63, 3.8) is 0 Å². The Morgan fingerprint density at radius 2 is 1.67 bits per heavy atom. The van der Waals surface area contributed by atoms with E-state index in [1.54, 1.807) is 6.07 Å². The molecule has 4 heteroatoms. The van der Waals surface area contributed by atoms with E-state index in [1.807, 2.05) is 54.6 Å². The summed E-state index contributed by atoms with van der Waals surface area (Å²) in [6.45, 7) is 0. The van der Waals surface area contributed by atoms with Gasteiger partial charge in [0.05, 0.1) is 10.6 Å². The molecule has 1 N–H and O–H groups in total. The highest BCUT2D eigenvalue weighted by atomic mass is 32.1. The molecule has 24 heavy (non-hydrogen) atoms. The first kappa shape index (κ1) is 13.5. The molecule has 0 aliphatic carbocycles. The molecule has 1 aliphatic heterocycles. The van der Waals surface area contributed by atoms with E-state index in [1.165, 1.54) is 11.3 Å². The van der Waals surface area contributed by atoms with Crippen LogP contribution < -0.4 is 0 Å². The number of nitrogens with zero attached hydrogens (tertiary/aromatic N) is 1. The Morgan fingerprint density at radius 1 is 0.875 bits per heavy atom. The molecule has 0 amide bonds. The number of fused-ring (bicyclic) bond motifs is 4. The molecule has 0 bridgehead atoms. The highest BCUT2D eigenvalue weighted by molar-refractivity contribution is 7.23. The molecule has 3 nitrogen and oxygen atoms in total. The van der Waals surface area contributed by atoms with Gasteiger partial charge in [0.15, 0.2) is 0 Å². The maximum Gasteiger partial charge on any atom is 0.215 e. The summed E-state index contributed by atoms with van der Waals surface area (Å²) in [5.41, 5.74) is 1.59. The molecule has 0 spiro atoms. The number of aromatic hydroxyl groups is 1. The zero-order valence-corrected chi connectivity index (χ0v) is 13.3. The van der Waals surface area contributed by atoms with Crippen LogP contribution in [0, 0.1) is 0 Å². The number of para-hydroxylation sites is 1. The Kier molecular flexibility index (Phi) is 2.67. The van der Waals surface area contributed by atoms with E-state index >= 15 is 0 Å². The molecule has 5 rings (SSSR count). The normalized spacial score (nSPS) is 13.5. The zero-order valence-electron chi connectivity index (χ0n) is 12.5. The van der Waals surface area contributed by atoms with Crippen LogP contribution in [0.5, 0.6) is 5.75 Å². The molecular formula is C20H11NO2S. The van der Waals surface area contributed by atoms with Crippen LogP contribution in [0.15, 0.2) is 65.7 Å². The fourth-order valence-electron chi connectivity index (χ4n) is 3.19. The molecule has 1 aromatic heterocycles. The van der Waals surface area contributed by atoms with Crippen LogP contribution in [0.3, 0.4) is 0 Å². The van der Waals surface area contributed by atoms with Crippen LogP contribution in [-0.2, 0) is 0 Å². The first-order valence-corrected chi connectivity index (χ1v) is 8.42. The Bertz CT molecular complexity index is 1190. The second-order valence-corrected chi connectivity index (χ2v) is 6.77. The predicted molar refractivity (Wildman–Crippen MR) is 98.0 cm³/mol. The van der Waals surface area contributed by atoms with Crippen molar-refractivity contribution < 1.29 is 9.90 Å². The first-order valence-electron chi connectivity index (χ1n) is 7.60. The second-order valence-electron chi connectivity index (χ2n) is 5.75. The number of hydrogen-bond acceptors (Lipinski definition) is 4. The SMILES string of the molecule is O=C1C(c2sc3c(ccc4ccccc43)c2O)=Nc2ccccc21. The van der Waals surface area contributed by atoms with Crippen LogP contribution in [0.1, 0.15) is 15.2 Å². The van der Waals surface area contributed by atoms with Crippen LogP contribution in [0.25, 0.3) is 20.9 Å². The number of Topliss-reactive ketones (excluding diaryl/α,β-unsaturated/α-hetero) is 1. The van der Waals surface area contributed by atoms with Gasteiger partial charge >= 0.3 is 0 Å². The molecule has 1 aliphatic rings. The molecule has 3 aromatic carbocycles. The quantitative estimate of drug-likeness (QED) is 0.529. The van der Waals surface area contributed by atoms with E-state index in [9.17, 15) is 9.90 Å². The summed E-state index contributed by atoms with van der Waals surface area (Å²) in [5.74, 6) is 0.0115. The van der Waals surface area contributed by atoms with E-state index < -0.39 is 0 Å². The van der Waals surface area contributed by atoms with Gasteiger partial charge in [0.25, 0.3) is 0 Å². The van der Waals surface area contributed by atoms with Crippen molar-refractivity contribution in [2.45, 2.75) is 0 Å². The molecule has 0 fully saturated rings. The van der Waals surface area contributed by atoms with Crippen LogP contribution >= 0.6 is 11.3 Å². The van der Waals surface area contributed by atoms with Gasteiger partial charge in [0, 0.05) is 15.6 Å². The summed E-state index contributed by atoms with van der Waals surface area (Å²) in [7, 11) is 0. The van der Waals surface area contributed by atoms with Gasteiger partial charge in [-0.3, -0.25) is 4.79 Å².